The summed E-state index contributed by atoms with van der Waals surface area (Å²) in [6.45, 7) is 2.53. The van der Waals surface area contributed by atoms with Gasteiger partial charge in [-0.15, -0.1) is 0 Å². The van der Waals surface area contributed by atoms with Crippen LogP contribution in [-0.2, 0) is 13.0 Å². The Hall–Kier alpha value is -2.33. The van der Waals surface area contributed by atoms with Gasteiger partial charge in [0.05, 0.1) is 0 Å². The van der Waals surface area contributed by atoms with E-state index in [1.807, 2.05) is 13.0 Å². The number of hydrogen-bond acceptors (Lipinski definition) is 3. The second-order valence-corrected chi connectivity index (χ2v) is 6.13. The summed E-state index contributed by atoms with van der Waals surface area (Å²) >= 11 is 5.21. The molecule has 0 unspecified atom stereocenters. The maximum atomic E-state index is 10.5. The molecule has 2 aromatic carbocycles. The van der Waals surface area contributed by atoms with Gasteiger partial charge in [0.1, 0.15) is 0 Å². The van der Waals surface area contributed by atoms with E-state index in [0.29, 0.717) is 17.1 Å². The monoisotopic (exact) mass is 323 g/mol. The lowest BCUT2D eigenvalue weighted by molar-refractivity contribution is 0.418. The quantitative estimate of drug-likeness (QED) is 0.669. The molecule has 1 aromatic heterocycles. The third-order valence-electron chi connectivity index (χ3n) is 4.45. The van der Waals surface area contributed by atoms with Crippen molar-refractivity contribution in [3.8, 4) is 5.88 Å². The molecule has 0 saturated carbocycles. The maximum Gasteiger partial charge on any atom is 0.272 e. The van der Waals surface area contributed by atoms with Crippen LogP contribution in [0.5, 0.6) is 5.88 Å². The van der Waals surface area contributed by atoms with E-state index in [1.165, 1.54) is 16.3 Å². The van der Waals surface area contributed by atoms with E-state index >= 15 is 0 Å². The SMILES string of the molecule is CCn1c(O)c(C2=CCCc3cc4ccccc4cc32)oc1=S. The largest absolute Gasteiger partial charge is 0.492 e. The molecule has 0 aliphatic heterocycles. The van der Waals surface area contributed by atoms with Crippen LogP contribution in [-0.4, -0.2) is 9.67 Å². The molecule has 1 N–H and O–H groups in total. The first kappa shape index (κ1) is 14.3. The molecule has 3 nitrogen and oxygen atoms in total. The lowest BCUT2D eigenvalue weighted by Gasteiger charge is -2.17. The molecular weight excluding hydrogens is 306 g/mol. The third kappa shape index (κ3) is 2.21. The Morgan fingerprint density at radius 3 is 2.65 bits per heavy atom. The summed E-state index contributed by atoms with van der Waals surface area (Å²) in [7, 11) is 0. The average molecular weight is 323 g/mol. The number of aryl methyl sites for hydroxylation is 1. The molecule has 1 aliphatic rings. The van der Waals surface area contributed by atoms with E-state index in [0.717, 1.165) is 24.0 Å². The van der Waals surface area contributed by atoms with Gasteiger partial charge in [0.2, 0.25) is 5.88 Å². The zero-order valence-corrected chi connectivity index (χ0v) is 13.7. The summed E-state index contributed by atoms with van der Waals surface area (Å²) in [5.41, 5.74) is 3.34. The number of rotatable bonds is 2. The summed E-state index contributed by atoms with van der Waals surface area (Å²) in [4.78, 5) is 0.314. The van der Waals surface area contributed by atoms with Gasteiger partial charge in [0.15, 0.2) is 5.76 Å². The van der Waals surface area contributed by atoms with Crippen molar-refractivity contribution in [2.24, 2.45) is 0 Å². The molecule has 0 fully saturated rings. The molecular formula is C19H17NO2S. The molecule has 0 atom stereocenters. The molecule has 4 rings (SSSR count). The van der Waals surface area contributed by atoms with E-state index in [-0.39, 0.29) is 5.88 Å². The van der Waals surface area contributed by atoms with Gasteiger partial charge in [-0.25, -0.2) is 0 Å². The first-order valence-electron chi connectivity index (χ1n) is 7.84. The van der Waals surface area contributed by atoms with Crippen molar-refractivity contribution in [2.75, 3.05) is 0 Å². The van der Waals surface area contributed by atoms with E-state index in [1.54, 1.807) is 4.57 Å². The number of fused-ring (bicyclic) bond motifs is 2. The van der Waals surface area contributed by atoms with Gasteiger partial charge in [0, 0.05) is 12.1 Å². The van der Waals surface area contributed by atoms with E-state index < -0.39 is 0 Å². The Labute approximate surface area is 139 Å². The highest BCUT2D eigenvalue weighted by Crippen LogP contribution is 2.38. The molecule has 1 heterocycles. The molecule has 116 valence electrons. The molecule has 3 aromatic rings. The minimum absolute atomic E-state index is 0.116. The Bertz CT molecular complexity index is 994. The predicted octanol–water partition coefficient (Wildman–Crippen LogP) is 5.07. The maximum absolute atomic E-state index is 10.5. The van der Waals surface area contributed by atoms with Crippen molar-refractivity contribution < 1.29 is 9.52 Å². The van der Waals surface area contributed by atoms with Crippen LogP contribution in [0.15, 0.2) is 46.9 Å². The highest BCUT2D eigenvalue weighted by Gasteiger charge is 2.22. The van der Waals surface area contributed by atoms with Gasteiger partial charge in [-0.2, -0.15) is 0 Å². The summed E-state index contributed by atoms with van der Waals surface area (Å²) in [6, 6.07) is 12.7. The van der Waals surface area contributed by atoms with Crippen LogP contribution in [0.2, 0.25) is 0 Å². The number of benzene rings is 2. The first-order valence-corrected chi connectivity index (χ1v) is 8.25. The molecule has 0 radical (unpaired) electrons. The van der Waals surface area contributed by atoms with E-state index in [4.69, 9.17) is 16.6 Å². The number of aromatic hydroxyl groups is 1. The summed E-state index contributed by atoms with van der Waals surface area (Å²) in [6.07, 6.45) is 4.06. The fourth-order valence-electron chi connectivity index (χ4n) is 3.29. The van der Waals surface area contributed by atoms with Crippen LogP contribution in [0.3, 0.4) is 0 Å². The van der Waals surface area contributed by atoms with Crippen molar-refractivity contribution in [3.63, 3.8) is 0 Å². The van der Waals surface area contributed by atoms with E-state index in [9.17, 15) is 5.11 Å². The number of allylic oxidation sites excluding steroid dienone is 1. The van der Waals surface area contributed by atoms with Crippen molar-refractivity contribution in [3.05, 3.63) is 64.2 Å². The summed E-state index contributed by atoms with van der Waals surface area (Å²) < 4.78 is 7.32. The standard InChI is InChI=1S/C19H17NO2S/c1-2-20-18(21)17(22-19(20)23)15-9-5-8-14-10-12-6-3-4-7-13(12)11-16(14)15/h3-4,6-7,9-11,21H,2,5,8H2,1H3. The molecule has 0 spiro atoms. The number of aromatic nitrogens is 1. The first-order chi connectivity index (χ1) is 11.2. The smallest absolute Gasteiger partial charge is 0.272 e. The topological polar surface area (TPSA) is 38.3 Å². The van der Waals surface area contributed by atoms with Crippen LogP contribution in [0.1, 0.15) is 30.2 Å². The molecule has 4 heteroatoms. The Balaban J connectivity index is 1.94. The average Bonchev–Trinajstić information content (AvgIpc) is 2.86. The summed E-state index contributed by atoms with van der Waals surface area (Å²) in [5.74, 6) is 0.595. The Kier molecular flexibility index (Phi) is 3.34. The molecule has 0 saturated heterocycles. The van der Waals surface area contributed by atoms with Crippen molar-refractivity contribution in [1.29, 1.82) is 0 Å². The van der Waals surface area contributed by atoms with Gasteiger partial charge in [-0.1, -0.05) is 36.4 Å². The Morgan fingerprint density at radius 2 is 1.96 bits per heavy atom. The summed E-state index contributed by atoms with van der Waals surface area (Å²) in [5, 5.41) is 12.9. The predicted molar refractivity (Wildman–Crippen MR) is 94.2 cm³/mol. The van der Waals surface area contributed by atoms with Crippen LogP contribution in [0, 0.1) is 4.84 Å². The van der Waals surface area contributed by atoms with Crippen LogP contribution in [0.25, 0.3) is 16.3 Å². The second-order valence-electron chi connectivity index (χ2n) is 5.78. The van der Waals surface area contributed by atoms with Crippen LogP contribution >= 0.6 is 12.2 Å². The van der Waals surface area contributed by atoms with Crippen molar-refractivity contribution in [2.45, 2.75) is 26.3 Å². The van der Waals surface area contributed by atoms with Crippen LogP contribution < -0.4 is 0 Å². The highest BCUT2D eigenvalue weighted by atomic mass is 32.1. The number of nitrogens with zero attached hydrogens (tertiary/aromatic N) is 1. The number of hydrogen-bond donors (Lipinski definition) is 1. The van der Waals surface area contributed by atoms with Crippen molar-refractivity contribution in [1.82, 2.24) is 4.57 Å². The van der Waals surface area contributed by atoms with Crippen LogP contribution in [0.4, 0.5) is 0 Å². The fraction of sp³-hybridized carbons (Fsp3) is 0.211. The molecule has 0 bridgehead atoms. The Morgan fingerprint density at radius 1 is 1.22 bits per heavy atom. The van der Waals surface area contributed by atoms with Gasteiger partial charge < -0.3 is 9.52 Å². The van der Waals surface area contributed by atoms with Gasteiger partial charge in [-0.05, 0) is 59.9 Å². The second kappa shape index (κ2) is 5.39. The number of oxazole rings is 1. The van der Waals surface area contributed by atoms with Gasteiger partial charge in [0.25, 0.3) is 4.84 Å². The molecule has 23 heavy (non-hydrogen) atoms. The third-order valence-corrected chi connectivity index (χ3v) is 4.76. The highest BCUT2D eigenvalue weighted by molar-refractivity contribution is 7.71. The van der Waals surface area contributed by atoms with E-state index in [2.05, 4.69) is 36.4 Å². The minimum atomic E-state index is 0.116. The molecule has 0 amide bonds. The van der Waals surface area contributed by atoms with Gasteiger partial charge in [-0.3, -0.25) is 4.57 Å². The minimum Gasteiger partial charge on any atom is -0.492 e. The zero-order chi connectivity index (χ0) is 16.0. The van der Waals surface area contributed by atoms with Crippen molar-refractivity contribution >= 4 is 28.6 Å². The lowest BCUT2D eigenvalue weighted by atomic mass is 9.87. The van der Waals surface area contributed by atoms with Gasteiger partial charge >= 0.3 is 0 Å². The fourth-order valence-corrected chi connectivity index (χ4v) is 3.59. The lowest BCUT2D eigenvalue weighted by Crippen LogP contribution is -2.01. The zero-order valence-electron chi connectivity index (χ0n) is 12.9. The molecule has 1 aliphatic carbocycles. The normalized spacial score (nSPS) is 13.9.